The van der Waals surface area contributed by atoms with E-state index < -0.39 is 10.0 Å². The van der Waals surface area contributed by atoms with Crippen LogP contribution in [-0.4, -0.2) is 77.8 Å². The molecule has 1 aliphatic heterocycles. The van der Waals surface area contributed by atoms with E-state index in [1.54, 1.807) is 16.4 Å². The van der Waals surface area contributed by atoms with Crippen LogP contribution in [0.15, 0.2) is 33.7 Å². The monoisotopic (exact) mass is 567 g/mol. The van der Waals surface area contributed by atoms with Crippen molar-refractivity contribution in [3.8, 4) is 0 Å². The Kier molecular flexibility index (Phi) is 11.1. The summed E-state index contributed by atoms with van der Waals surface area (Å²) in [6, 6.07) is 7.62. The van der Waals surface area contributed by atoms with Gasteiger partial charge in [0.05, 0.1) is 11.4 Å². The molecule has 2 aromatic rings. The van der Waals surface area contributed by atoms with Crippen LogP contribution in [0.3, 0.4) is 0 Å². The van der Waals surface area contributed by atoms with Crippen LogP contribution in [0, 0.1) is 5.92 Å². The van der Waals surface area contributed by atoms with Gasteiger partial charge in [-0.05, 0) is 42.9 Å². The first kappa shape index (κ1) is 30.5. The summed E-state index contributed by atoms with van der Waals surface area (Å²) >= 11 is 0. The fourth-order valence-corrected chi connectivity index (χ4v) is 6.69. The number of hydrogen-bond acceptors (Lipinski definition) is 7. The molecule has 38 heavy (non-hydrogen) atoms. The van der Waals surface area contributed by atoms with Crippen molar-refractivity contribution in [2.45, 2.75) is 82.7 Å². The quantitative estimate of drug-likeness (QED) is 0.429. The lowest BCUT2D eigenvalue weighted by Crippen LogP contribution is -2.48. The number of rotatable bonds is 10. The van der Waals surface area contributed by atoms with Crippen molar-refractivity contribution in [2.75, 3.05) is 33.2 Å². The van der Waals surface area contributed by atoms with Crippen LogP contribution in [0.4, 0.5) is 0 Å². The Bertz CT molecular complexity index is 1120. The number of amides is 1. The summed E-state index contributed by atoms with van der Waals surface area (Å²) in [5.41, 5.74) is 1.15. The van der Waals surface area contributed by atoms with Crippen LogP contribution < -0.4 is 0 Å². The van der Waals surface area contributed by atoms with Crippen molar-refractivity contribution in [1.29, 1.82) is 0 Å². The van der Waals surface area contributed by atoms with Crippen molar-refractivity contribution < 1.29 is 17.7 Å². The van der Waals surface area contributed by atoms with Gasteiger partial charge in [-0.25, -0.2) is 8.42 Å². The van der Waals surface area contributed by atoms with E-state index in [9.17, 15) is 13.2 Å². The SMILES string of the molecule is CC(C)Cc1ccc(S(=O)(=O)N2CCN(Cc3noc(CCC(=O)N(C)C4CCCCC4)n3)CC2)cc1.Cl. The number of carbonyl (C=O) groups excluding carboxylic acids is 1. The summed E-state index contributed by atoms with van der Waals surface area (Å²) in [5, 5.41) is 4.08. The van der Waals surface area contributed by atoms with Crippen molar-refractivity contribution in [1.82, 2.24) is 24.2 Å². The van der Waals surface area contributed by atoms with Gasteiger partial charge in [0.1, 0.15) is 0 Å². The third-order valence-electron chi connectivity index (χ3n) is 7.48. The second-order valence-corrected chi connectivity index (χ2v) is 12.8. The first-order valence-corrected chi connectivity index (χ1v) is 15.0. The summed E-state index contributed by atoms with van der Waals surface area (Å²) in [7, 11) is -1.61. The molecular weight excluding hydrogens is 526 g/mol. The highest BCUT2D eigenvalue weighted by atomic mass is 35.5. The number of sulfonamides is 1. The van der Waals surface area contributed by atoms with E-state index >= 15 is 0 Å². The van der Waals surface area contributed by atoms with E-state index in [0.29, 0.717) is 74.1 Å². The minimum absolute atomic E-state index is 0. The zero-order valence-corrected chi connectivity index (χ0v) is 24.5. The maximum atomic E-state index is 13.1. The Morgan fingerprint density at radius 1 is 1.08 bits per heavy atom. The molecule has 2 aliphatic rings. The molecule has 2 fully saturated rings. The average Bonchev–Trinajstić information content (AvgIpc) is 3.35. The van der Waals surface area contributed by atoms with Crippen molar-refractivity contribution in [2.24, 2.45) is 5.92 Å². The van der Waals surface area contributed by atoms with E-state index in [-0.39, 0.29) is 18.3 Å². The van der Waals surface area contributed by atoms with Crippen molar-refractivity contribution in [3.63, 3.8) is 0 Å². The van der Waals surface area contributed by atoms with Gasteiger partial charge in [0.2, 0.25) is 21.8 Å². The molecule has 4 rings (SSSR count). The number of hydrogen-bond donors (Lipinski definition) is 0. The van der Waals surface area contributed by atoms with E-state index in [1.807, 2.05) is 24.1 Å². The Hall–Kier alpha value is -2.01. The van der Waals surface area contributed by atoms with Crippen LogP contribution >= 0.6 is 12.4 Å². The zero-order chi connectivity index (χ0) is 26.4. The van der Waals surface area contributed by atoms with E-state index in [2.05, 4.69) is 28.9 Å². The molecule has 11 heteroatoms. The van der Waals surface area contributed by atoms with E-state index in [4.69, 9.17) is 4.52 Å². The third kappa shape index (κ3) is 8.00. The van der Waals surface area contributed by atoms with E-state index in [0.717, 1.165) is 24.8 Å². The number of aryl methyl sites for hydroxylation is 1. The maximum Gasteiger partial charge on any atom is 0.243 e. The van der Waals surface area contributed by atoms with Crippen LogP contribution in [0.5, 0.6) is 0 Å². The number of nitrogens with zero attached hydrogens (tertiary/aromatic N) is 5. The summed E-state index contributed by atoms with van der Waals surface area (Å²) < 4.78 is 33.1. The predicted octanol–water partition coefficient (Wildman–Crippen LogP) is 3.92. The Morgan fingerprint density at radius 2 is 1.74 bits per heavy atom. The molecule has 1 saturated carbocycles. The first-order chi connectivity index (χ1) is 17.7. The molecule has 0 spiro atoms. The van der Waals surface area contributed by atoms with Crippen molar-refractivity contribution in [3.05, 3.63) is 41.5 Å². The second-order valence-electron chi connectivity index (χ2n) is 10.8. The lowest BCUT2D eigenvalue weighted by atomic mass is 9.94. The molecule has 1 aromatic heterocycles. The van der Waals surface area contributed by atoms with Gasteiger partial charge in [-0.3, -0.25) is 9.69 Å². The molecule has 0 atom stereocenters. The third-order valence-corrected chi connectivity index (χ3v) is 9.39. The van der Waals surface area contributed by atoms with Gasteiger partial charge in [0.15, 0.2) is 5.82 Å². The minimum Gasteiger partial charge on any atom is -0.343 e. The first-order valence-electron chi connectivity index (χ1n) is 13.6. The van der Waals surface area contributed by atoms with Gasteiger partial charge in [0, 0.05) is 52.1 Å². The van der Waals surface area contributed by atoms with Gasteiger partial charge < -0.3 is 9.42 Å². The molecule has 2 heterocycles. The molecule has 212 valence electrons. The molecule has 9 nitrogen and oxygen atoms in total. The summed E-state index contributed by atoms with van der Waals surface area (Å²) in [5.74, 6) is 1.70. The fraction of sp³-hybridized carbons (Fsp3) is 0.667. The molecule has 1 aliphatic carbocycles. The van der Waals surface area contributed by atoms with Crippen LogP contribution in [-0.2, 0) is 34.2 Å². The molecule has 0 unspecified atom stereocenters. The van der Waals surface area contributed by atoms with E-state index in [1.165, 1.54) is 19.3 Å². The number of benzene rings is 1. The van der Waals surface area contributed by atoms with Crippen LogP contribution in [0.25, 0.3) is 0 Å². The van der Waals surface area contributed by atoms with Gasteiger partial charge >= 0.3 is 0 Å². The lowest BCUT2D eigenvalue weighted by Gasteiger charge is -2.33. The zero-order valence-electron chi connectivity index (χ0n) is 22.8. The van der Waals surface area contributed by atoms with Crippen LogP contribution in [0.1, 0.15) is 69.7 Å². The van der Waals surface area contributed by atoms with Gasteiger partial charge in [-0.2, -0.15) is 9.29 Å². The fourth-order valence-electron chi connectivity index (χ4n) is 5.26. The largest absolute Gasteiger partial charge is 0.343 e. The maximum absolute atomic E-state index is 13.1. The number of aromatic nitrogens is 2. The van der Waals surface area contributed by atoms with Gasteiger partial charge in [-0.1, -0.05) is 50.4 Å². The van der Waals surface area contributed by atoms with Crippen molar-refractivity contribution >= 4 is 28.3 Å². The highest BCUT2D eigenvalue weighted by Gasteiger charge is 2.29. The summed E-state index contributed by atoms with van der Waals surface area (Å²) in [6.07, 6.45) is 7.57. The molecule has 0 N–H and O–H groups in total. The highest BCUT2D eigenvalue weighted by molar-refractivity contribution is 7.89. The summed E-state index contributed by atoms with van der Waals surface area (Å²) in [6.45, 7) is 6.83. The molecule has 1 amide bonds. The van der Waals surface area contributed by atoms with Crippen LogP contribution in [0.2, 0.25) is 0 Å². The normalized spacial score (nSPS) is 17.9. The predicted molar refractivity (Wildman–Crippen MR) is 149 cm³/mol. The van der Waals surface area contributed by atoms with Gasteiger partial charge in [-0.15, -0.1) is 12.4 Å². The Balaban J connectivity index is 0.00000400. The smallest absolute Gasteiger partial charge is 0.243 e. The Labute approximate surface area is 233 Å². The minimum atomic E-state index is -3.51. The second kappa shape index (κ2) is 13.9. The number of carbonyl (C=O) groups is 1. The molecule has 1 aromatic carbocycles. The number of halogens is 1. The molecule has 0 bridgehead atoms. The molecular formula is C27H42ClN5O4S. The lowest BCUT2D eigenvalue weighted by molar-refractivity contribution is -0.132. The average molecular weight is 568 g/mol. The van der Waals surface area contributed by atoms with Gasteiger partial charge in [0.25, 0.3) is 0 Å². The topological polar surface area (TPSA) is 99.8 Å². The summed E-state index contributed by atoms with van der Waals surface area (Å²) in [4.78, 5) is 21.4. The molecule has 0 radical (unpaired) electrons. The molecule has 1 saturated heterocycles. The standard InChI is InChI=1S/C27H41N5O4S.ClH/c1-21(2)19-22-9-11-24(12-10-22)37(34,35)32-17-15-31(16-18-32)20-25-28-26(36-29-25)13-14-27(33)30(3)23-7-5-4-6-8-23;/h9-12,21,23H,4-8,13-20H2,1-3H3;1H. The number of piperazine rings is 1. The highest BCUT2D eigenvalue weighted by Crippen LogP contribution is 2.23. The Morgan fingerprint density at radius 3 is 2.37 bits per heavy atom.